The van der Waals surface area contributed by atoms with Crippen molar-refractivity contribution in [3.05, 3.63) is 40.2 Å². The van der Waals surface area contributed by atoms with Crippen molar-refractivity contribution in [1.29, 1.82) is 0 Å². The van der Waals surface area contributed by atoms with Crippen LogP contribution in [0.3, 0.4) is 0 Å². The Morgan fingerprint density at radius 2 is 2.00 bits per heavy atom. The summed E-state index contributed by atoms with van der Waals surface area (Å²) in [7, 11) is 0. The molecule has 2 N–H and O–H groups in total. The van der Waals surface area contributed by atoms with Crippen molar-refractivity contribution in [1.82, 2.24) is 0 Å². The van der Waals surface area contributed by atoms with E-state index in [1.807, 2.05) is 0 Å². The lowest BCUT2D eigenvalue weighted by molar-refractivity contribution is -0.136. The van der Waals surface area contributed by atoms with Crippen LogP contribution in [-0.4, -0.2) is 16.2 Å². The second-order valence-electron chi connectivity index (χ2n) is 3.28. The standard InChI is InChI=1S/C11H8O5/c12-9(13)5-7-6-3-1-2-4-8(6)16-11(15)10(7)14/h1-4,14H,5H2,(H,12,13). The molecule has 0 saturated heterocycles. The number of fused-ring (bicyclic) bond motifs is 1. The molecule has 0 spiro atoms. The van der Waals surface area contributed by atoms with Crippen LogP contribution in [-0.2, 0) is 11.2 Å². The molecule has 0 atom stereocenters. The Kier molecular flexibility index (Phi) is 2.36. The number of para-hydroxylation sites is 1. The summed E-state index contributed by atoms with van der Waals surface area (Å²) in [4.78, 5) is 21.9. The van der Waals surface area contributed by atoms with E-state index in [2.05, 4.69) is 0 Å². The summed E-state index contributed by atoms with van der Waals surface area (Å²) in [5.41, 5.74) is -0.573. The number of rotatable bonds is 2. The molecule has 0 unspecified atom stereocenters. The number of benzene rings is 1. The Hall–Kier alpha value is -2.30. The number of hydrogen-bond acceptors (Lipinski definition) is 4. The van der Waals surface area contributed by atoms with Gasteiger partial charge in [-0.3, -0.25) is 4.79 Å². The van der Waals surface area contributed by atoms with Crippen LogP contribution in [0.25, 0.3) is 11.0 Å². The maximum atomic E-state index is 11.2. The fourth-order valence-corrected chi connectivity index (χ4v) is 1.53. The zero-order valence-electron chi connectivity index (χ0n) is 8.14. The van der Waals surface area contributed by atoms with Crippen molar-refractivity contribution in [2.45, 2.75) is 6.42 Å². The van der Waals surface area contributed by atoms with Gasteiger partial charge in [-0.2, -0.15) is 0 Å². The van der Waals surface area contributed by atoms with Crippen LogP contribution < -0.4 is 5.63 Å². The first-order chi connectivity index (χ1) is 7.59. The van der Waals surface area contributed by atoms with Crippen LogP contribution >= 0.6 is 0 Å². The summed E-state index contributed by atoms with van der Waals surface area (Å²) in [6.07, 6.45) is -0.419. The molecule has 1 aromatic heterocycles. The first-order valence-corrected chi connectivity index (χ1v) is 4.55. The average Bonchev–Trinajstić information content (AvgIpc) is 2.24. The van der Waals surface area contributed by atoms with Gasteiger partial charge in [-0.05, 0) is 6.07 Å². The Bertz CT molecular complexity index is 611. The van der Waals surface area contributed by atoms with E-state index in [0.717, 1.165) is 0 Å². The van der Waals surface area contributed by atoms with Crippen LogP contribution in [0.5, 0.6) is 5.75 Å². The summed E-state index contributed by atoms with van der Waals surface area (Å²) < 4.78 is 4.82. The van der Waals surface area contributed by atoms with Crippen molar-refractivity contribution in [2.75, 3.05) is 0 Å². The molecule has 1 heterocycles. The van der Waals surface area contributed by atoms with E-state index < -0.39 is 23.8 Å². The summed E-state index contributed by atoms with van der Waals surface area (Å²) in [6.45, 7) is 0. The Balaban J connectivity index is 2.81. The Labute approximate surface area is 89.6 Å². The molecule has 0 radical (unpaired) electrons. The predicted molar refractivity (Wildman–Crippen MR) is 55.5 cm³/mol. The van der Waals surface area contributed by atoms with E-state index in [4.69, 9.17) is 9.52 Å². The minimum Gasteiger partial charge on any atom is -0.502 e. The molecule has 0 aliphatic carbocycles. The summed E-state index contributed by atoms with van der Waals surface area (Å²) >= 11 is 0. The molecule has 2 rings (SSSR count). The zero-order chi connectivity index (χ0) is 11.7. The van der Waals surface area contributed by atoms with E-state index in [-0.39, 0.29) is 11.1 Å². The fraction of sp³-hybridized carbons (Fsp3) is 0.0909. The highest BCUT2D eigenvalue weighted by atomic mass is 16.4. The molecule has 1 aromatic carbocycles. The lowest BCUT2D eigenvalue weighted by Crippen LogP contribution is -2.07. The minimum absolute atomic E-state index is 0.0827. The first kappa shape index (κ1) is 10.2. The lowest BCUT2D eigenvalue weighted by Gasteiger charge is -2.04. The predicted octanol–water partition coefficient (Wildman–Crippen LogP) is 1.13. The van der Waals surface area contributed by atoms with Crippen LogP contribution in [0.15, 0.2) is 33.5 Å². The Morgan fingerprint density at radius 1 is 1.31 bits per heavy atom. The molecule has 16 heavy (non-hydrogen) atoms. The number of carboxylic acids is 1. The molecule has 5 heteroatoms. The molecule has 0 aliphatic heterocycles. The van der Waals surface area contributed by atoms with Gasteiger partial charge >= 0.3 is 11.6 Å². The highest BCUT2D eigenvalue weighted by molar-refractivity contribution is 5.86. The van der Waals surface area contributed by atoms with E-state index >= 15 is 0 Å². The van der Waals surface area contributed by atoms with Crippen LogP contribution in [0.1, 0.15) is 5.56 Å². The van der Waals surface area contributed by atoms with Crippen molar-refractivity contribution in [3.8, 4) is 5.75 Å². The SMILES string of the molecule is O=C(O)Cc1c(O)c(=O)oc2ccccc12. The summed E-state index contributed by atoms with van der Waals surface area (Å²) in [6, 6.07) is 6.47. The third-order valence-corrected chi connectivity index (χ3v) is 2.22. The largest absolute Gasteiger partial charge is 0.502 e. The smallest absolute Gasteiger partial charge is 0.379 e. The van der Waals surface area contributed by atoms with Gasteiger partial charge in [0.15, 0.2) is 0 Å². The van der Waals surface area contributed by atoms with Gasteiger partial charge in [-0.1, -0.05) is 18.2 Å². The molecular formula is C11H8O5. The maximum Gasteiger partial charge on any atom is 0.379 e. The van der Waals surface area contributed by atoms with Crippen LogP contribution in [0, 0.1) is 0 Å². The molecular weight excluding hydrogens is 212 g/mol. The van der Waals surface area contributed by atoms with Crippen molar-refractivity contribution >= 4 is 16.9 Å². The number of carboxylic acid groups (broad SMARTS) is 1. The first-order valence-electron chi connectivity index (χ1n) is 4.55. The quantitative estimate of drug-likeness (QED) is 0.740. The van der Waals surface area contributed by atoms with E-state index in [1.54, 1.807) is 24.3 Å². The number of aromatic hydroxyl groups is 1. The number of aliphatic carboxylic acids is 1. The minimum atomic E-state index is -1.12. The highest BCUT2D eigenvalue weighted by Crippen LogP contribution is 2.23. The van der Waals surface area contributed by atoms with E-state index in [0.29, 0.717) is 5.39 Å². The normalized spacial score (nSPS) is 10.5. The van der Waals surface area contributed by atoms with Gasteiger partial charge in [0, 0.05) is 10.9 Å². The van der Waals surface area contributed by atoms with Gasteiger partial charge in [-0.25, -0.2) is 4.79 Å². The van der Waals surface area contributed by atoms with Gasteiger partial charge in [0.1, 0.15) is 5.58 Å². The van der Waals surface area contributed by atoms with Crippen LogP contribution in [0.2, 0.25) is 0 Å². The average molecular weight is 220 g/mol. The third kappa shape index (κ3) is 1.63. The lowest BCUT2D eigenvalue weighted by atomic mass is 10.1. The van der Waals surface area contributed by atoms with Crippen LogP contribution in [0.4, 0.5) is 0 Å². The highest BCUT2D eigenvalue weighted by Gasteiger charge is 2.15. The van der Waals surface area contributed by atoms with Crippen molar-refractivity contribution in [3.63, 3.8) is 0 Å². The molecule has 0 saturated carbocycles. The maximum absolute atomic E-state index is 11.2. The fourth-order valence-electron chi connectivity index (χ4n) is 1.53. The molecule has 2 aromatic rings. The second kappa shape index (κ2) is 3.69. The monoisotopic (exact) mass is 220 g/mol. The molecule has 5 nitrogen and oxygen atoms in total. The topological polar surface area (TPSA) is 87.7 Å². The Morgan fingerprint density at radius 3 is 2.69 bits per heavy atom. The zero-order valence-corrected chi connectivity index (χ0v) is 8.14. The molecule has 0 aliphatic rings. The molecule has 0 fully saturated rings. The number of hydrogen-bond donors (Lipinski definition) is 2. The second-order valence-corrected chi connectivity index (χ2v) is 3.28. The van der Waals surface area contributed by atoms with Gasteiger partial charge in [0.25, 0.3) is 0 Å². The van der Waals surface area contributed by atoms with E-state index in [9.17, 15) is 14.7 Å². The van der Waals surface area contributed by atoms with Gasteiger partial charge in [-0.15, -0.1) is 0 Å². The molecule has 0 amide bonds. The summed E-state index contributed by atoms with van der Waals surface area (Å²) in [5.74, 6) is -1.76. The third-order valence-electron chi connectivity index (χ3n) is 2.22. The van der Waals surface area contributed by atoms with Gasteiger partial charge in [0.05, 0.1) is 6.42 Å². The number of carbonyl (C=O) groups is 1. The summed E-state index contributed by atoms with van der Waals surface area (Å²) in [5, 5.41) is 18.6. The molecule has 0 bridgehead atoms. The van der Waals surface area contributed by atoms with Gasteiger partial charge < -0.3 is 14.6 Å². The van der Waals surface area contributed by atoms with Crippen molar-refractivity contribution < 1.29 is 19.4 Å². The van der Waals surface area contributed by atoms with E-state index in [1.165, 1.54) is 0 Å². The van der Waals surface area contributed by atoms with Crippen molar-refractivity contribution in [2.24, 2.45) is 0 Å². The van der Waals surface area contributed by atoms with Gasteiger partial charge in [0.2, 0.25) is 5.75 Å². The molecule has 82 valence electrons.